The van der Waals surface area contributed by atoms with Crippen molar-refractivity contribution in [1.29, 1.82) is 0 Å². The maximum absolute atomic E-state index is 13.2. The Morgan fingerprint density at radius 3 is 2.90 bits per heavy atom. The third-order valence-corrected chi connectivity index (χ3v) is 6.51. The Morgan fingerprint density at radius 2 is 2.10 bits per heavy atom. The summed E-state index contributed by atoms with van der Waals surface area (Å²) in [7, 11) is 0. The Bertz CT molecular complexity index is 1200. The minimum absolute atomic E-state index is 0.00933. The van der Waals surface area contributed by atoms with Gasteiger partial charge in [-0.05, 0) is 38.4 Å². The number of aryl methyl sites for hydroxylation is 1. The standard InChI is InChI=1S/C23H28N6O2/c1-15-6-5-7-17(24-15)13-28-10-4-3-8-21(28)20-12-22-25-19-9-11-27(16(2)30)14-18(19)23(31)29(22)26-20/h5-7,12,21,26H,3-4,8-11,13-14H2,1-2H3/t21-/m0/s1. The number of H-pyrrole nitrogens is 1. The number of aromatic nitrogens is 4. The third-order valence-electron chi connectivity index (χ3n) is 6.51. The van der Waals surface area contributed by atoms with Crippen LogP contribution in [0.25, 0.3) is 5.65 Å². The van der Waals surface area contributed by atoms with Gasteiger partial charge in [-0.2, -0.15) is 0 Å². The number of aromatic amines is 1. The largest absolute Gasteiger partial charge is 0.338 e. The molecule has 0 aliphatic carbocycles. The first-order chi connectivity index (χ1) is 15.0. The first-order valence-electron chi connectivity index (χ1n) is 11.0. The summed E-state index contributed by atoms with van der Waals surface area (Å²) in [5.41, 5.74) is 5.11. The number of pyridine rings is 1. The van der Waals surface area contributed by atoms with Crippen LogP contribution in [-0.2, 0) is 24.3 Å². The topological polar surface area (TPSA) is 86.6 Å². The van der Waals surface area contributed by atoms with Crippen molar-refractivity contribution >= 4 is 11.6 Å². The normalized spacial score (nSPS) is 19.5. The summed E-state index contributed by atoms with van der Waals surface area (Å²) in [6, 6.07) is 8.36. The minimum Gasteiger partial charge on any atom is -0.338 e. The molecule has 162 valence electrons. The second-order valence-corrected chi connectivity index (χ2v) is 8.69. The van der Waals surface area contributed by atoms with Gasteiger partial charge >= 0.3 is 0 Å². The van der Waals surface area contributed by atoms with Gasteiger partial charge in [-0.15, -0.1) is 0 Å². The van der Waals surface area contributed by atoms with Crippen molar-refractivity contribution in [2.24, 2.45) is 0 Å². The summed E-state index contributed by atoms with van der Waals surface area (Å²) in [4.78, 5) is 38.6. The van der Waals surface area contributed by atoms with E-state index in [0.717, 1.165) is 55.1 Å². The molecule has 3 aromatic heterocycles. The average molecular weight is 421 g/mol. The van der Waals surface area contributed by atoms with E-state index in [-0.39, 0.29) is 17.5 Å². The van der Waals surface area contributed by atoms with Gasteiger partial charge in [0.25, 0.3) is 5.56 Å². The van der Waals surface area contributed by atoms with Crippen molar-refractivity contribution in [3.05, 3.63) is 63.0 Å². The highest BCUT2D eigenvalue weighted by molar-refractivity contribution is 5.73. The van der Waals surface area contributed by atoms with Gasteiger partial charge in [0.15, 0.2) is 5.65 Å². The second-order valence-electron chi connectivity index (χ2n) is 8.69. The lowest BCUT2D eigenvalue weighted by Crippen LogP contribution is -2.39. The zero-order chi connectivity index (χ0) is 21.5. The Balaban J connectivity index is 1.48. The van der Waals surface area contributed by atoms with Crippen LogP contribution >= 0.6 is 0 Å². The van der Waals surface area contributed by atoms with E-state index < -0.39 is 0 Å². The molecular formula is C23H28N6O2. The van der Waals surface area contributed by atoms with Crippen molar-refractivity contribution in [2.45, 2.75) is 58.7 Å². The lowest BCUT2D eigenvalue weighted by molar-refractivity contribution is -0.129. The van der Waals surface area contributed by atoms with E-state index in [0.29, 0.717) is 30.7 Å². The van der Waals surface area contributed by atoms with Gasteiger partial charge in [0, 0.05) is 38.2 Å². The molecule has 0 spiro atoms. The molecule has 1 N–H and O–H groups in total. The molecule has 31 heavy (non-hydrogen) atoms. The molecule has 5 rings (SSSR count). The van der Waals surface area contributed by atoms with Crippen LogP contribution in [0.3, 0.4) is 0 Å². The molecular weight excluding hydrogens is 392 g/mol. The van der Waals surface area contributed by atoms with Gasteiger partial charge in [-0.25, -0.2) is 9.50 Å². The van der Waals surface area contributed by atoms with Crippen LogP contribution in [0.2, 0.25) is 0 Å². The van der Waals surface area contributed by atoms with Gasteiger partial charge in [0.1, 0.15) is 0 Å². The van der Waals surface area contributed by atoms with Gasteiger partial charge in [-0.1, -0.05) is 12.5 Å². The number of carbonyl (C=O) groups excluding carboxylic acids is 1. The predicted molar refractivity (Wildman–Crippen MR) is 117 cm³/mol. The van der Waals surface area contributed by atoms with Crippen molar-refractivity contribution in [3.8, 4) is 0 Å². The van der Waals surface area contributed by atoms with Crippen LogP contribution in [0.15, 0.2) is 29.1 Å². The lowest BCUT2D eigenvalue weighted by atomic mass is 9.99. The molecule has 1 saturated heterocycles. The van der Waals surface area contributed by atoms with Crippen molar-refractivity contribution in [3.63, 3.8) is 0 Å². The number of carbonyl (C=O) groups is 1. The zero-order valence-electron chi connectivity index (χ0n) is 18.1. The van der Waals surface area contributed by atoms with Crippen LogP contribution in [0, 0.1) is 6.92 Å². The molecule has 2 aliphatic heterocycles. The van der Waals surface area contributed by atoms with E-state index in [4.69, 9.17) is 4.98 Å². The molecule has 0 unspecified atom stereocenters. The van der Waals surface area contributed by atoms with E-state index in [1.54, 1.807) is 16.3 Å². The molecule has 5 heterocycles. The van der Waals surface area contributed by atoms with Crippen molar-refractivity contribution in [1.82, 2.24) is 29.4 Å². The van der Waals surface area contributed by atoms with E-state index in [9.17, 15) is 9.59 Å². The first-order valence-corrected chi connectivity index (χ1v) is 11.0. The summed E-state index contributed by atoms with van der Waals surface area (Å²) in [5, 5.41) is 3.33. The van der Waals surface area contributed by atoms with E-state index in [1.807, 2.05) is 19.1 Å². The van der Waals surface area contributed by atoms with Gasteiger partial charge < -0.3 is 4.90 Å². The highest BCUT2D eigenvalue weighted by atomic mass is 16.2. The SMILES string of the molecule is CC(=O)N1CCc2nc3cc([C@@H]4CCCCN4Cc4cccc(C)n4)[nH]n3c(=O)c2C1. The Hall–Kier alpha value is -3.00. The molecule has 3 aromatic rings. The maximum Gasteiger partial charge on any atom is 0.277 e. The number of nitrogens with zero attached hydrogens (tertiary/aromatic N) is 5. The molecule has 0 radical (unpaired) electrons. The summed E-state index contributed by atoms with van der Waals surface area (Å²) >= 11 is 0. The van der Waals surface area contributed by atoms with Gasteiger partial charge in [-0.3, -0.25) is 24.6 Å². The quantitative estimate of drug-likeness (QED) is 0.703. The summed E-state index contributed by atoms with van der Waals surface area (Å²) < 4.78 is 1.55. The molecule has 1 amide bonds. The average Bonchev–Trinajstić information content (AvgIpc) is 3.18. The smallest absolute Gasteiger partial charge is 0.277 e. The fourth-order valence-corrected chi connectivity index (χ4v) is 4.87. The van der Waals surface area contributed by atoms with Gasteiger partial charge in [0.2, 0.25) is 5.91 Å². The summed E-state index contributed by atoms with van der Waals surface area (Å²) in [6.07, 6.45) is 3.97. The van der Waals surface area contributed by atoms with Crippen molar-refractivity contribution < 1.29 is 4.79 Å². The highest BCUT2D eigenvalue weighted by Gasteiger charge is 2.28. The molecule has 1 atom stereocenters. The minimum atomic E-state index is -0.0973. The Labute approximate surface area is 180 Å². The second kappa shape index (κ2) is 7.92. The summed E-state index contributed by atoms with van der Waals surface area (Å²) in [5.74, 6) is -0.00933. The Morgan fingerprint density at radius 1 is 1.23 bits per heavy atom. The number of amides is 1. The molecule has 0 bridgehead atoms. The molecule has 1 fully saturated rings. The van der Waals surface area contributed by atoms with Crippen LogP contribution in [-0.4, -0.2) is 48.4 Å². The molecule has 8 nitrogen and oxygen atoms in total. The number of hydrogen-bond acceptors (Lipinski definition) is 5. The lowest BCUT2D eigenvalue weighted by Gasteiger charge is -2.34. The first kappa shape index (κ1) is 19.9. The predicted octanol–water partition coefficient (Wildman–Crippen LogP) is 2.36. The Kier molecular flexibility index (Phi) is 5.09. The van der Waals surface area contributed by atoms with Crippen LogP contribution < -0.4 is 5.56 Å². The third kappa shape index (κ3) is 3.76. The van der Waals surface area contributed by atoms with E-state index >= 15 is 0 Å². The van der Waals surface area contributed by atoms with Crippen LogP contribution in [0.1, 0.15) is 60.6 Å². The number of hydrogen-bond donors (Lipinski definition) is 1. The highest BCUT2D eigenvalue weighted by Crippen LogP contribution is 2.31. The monoisotopic (exact) mass is 420 g/mol. The maximum atomic E-state index is 13.2. The summed E-state index contributed by atoms with van der Waals surface area (Å²) in [6.45, 7) is 6.30. The number of fused-ring (bicyclic) bond motifs is 2. The van der Waals surface area contributed by atoms with E-state index in [1.165, 1.54) is 0 Å². The number of rotatable bonds is 3. The fourth-order valence-electron chi connectivity index (χ4n) is 4.87. The van der Waals surface area contributed by atoms with Crippen molar-refractivity contribution in [2.75, 3.05) is 13.1 Å². The zero-order valence-corrected chi connectivity index (χ0v) is 18.1. The van der Waals surface area contributed by atoms with Crippen LogP contribution in [0.4, 0.5) is 0 Å². The number of piperidine rings is 1. The molecule has 0 aromatic carbocycles. The van der Waals surface area contributed by atoms with E-state index in [2.05, 4.69) is 27.1 Å². The molecule has 0 saturated carbocycles. The van der Waals surface area contributed by atoms with Gasteiger partial charge in [0.05, 0.1) is 35.2 Å². The molecule has 2 aliphatic rings. The number of nitrogens with one attached hydrogen (secondary N) is 1. The molecule has 8 heteroatoms. The van der Waals surface area contributed by atoms with Crippen LogP contribution in [0.5, 0.6) is 0 Å². The number of likely N-dealkylation sites (tertiary alicyclic amines) is 1. The fraction of sp³-hybridized carbons (Fsp3) is 0.478.